The van der Waals surface area contributed by atoms with Gasteiger partial charge in [-0.15, -0.1) is 0 Å². The topological polar surface area (TPSA) is 68.7 Å². The number of pyridine rings is 1. The van der Waals surface area contributed by atoms with Gasteiger partial charge in [-0.3, -0.25) is 4.79 Å². The first kappa shape index (κ1) is 16.0. The number of carbonyl (C=O) groups excluding carboxylic acids is 1. The van der Waals surface area contributed by atoms with Crippen molar-refractivity contribution < 1.29 is 19.4 Å². The van der Waals surface area contributed by atoms with Gasteiger partial charge in [0.1, 0.15) is 0 Å². The number of phenols is 1. The molecule has 0 spiro atoms. The Kier molecular flexibility index (Phi) is 5.16. The molecule has 0 unspecified atom stereocenters. The minimum absolute atomic E-state index is 0.0254. The van der Waals surface area contributed by atoms with E-state index in [4.69, 9.17) is 9.47 Å². The fourth-order valence-electron chi connectivity index (χ4n) is 1.79. The molecule has 0 amide bonds. The minimum Gasteiger partial charge on any atom is -0.504 e. The van der Waals surface area contributed by atoms with Crippen LogP contribution in [0.15, 0.2) is 41.0 Å². The highest BCUT2D eigenvalue weighted by molar-refractivity contribution is 9.10. The van der Waals surface area contributed by atoms with Crippen LogP contribution in [0.5, 0.6) is 17.4 Å². The highest BCUT2D eigenvalue weighted by Gasteiger charge is 2.09. The number of benzene rings is 1. The largest absolute Gasteiger partial charge is 0.504 e. The third-order valence-corrected chi connectivity index (χ3v) is 3.39. The summed E-state index contributed by atoms with van der Waals surface area (Å²) in [6.45, 7) is 0. The van der Waals surface area contributed by atoms with E-state index in [1.165, 1.54) is 32.6 Å². The van der Waals surface area contributed by atoms with E-state index >= 15 is 0 Å². The first-order valence-corrected chi connectivity index (χ1v) is 7.13. The van der Waals surface area contributed by atoms with Gasteiger partial charge in [-0.2, -0.15) is 0 Å². The summed E-state index contributed by atoms with van der Waals surface area (Å²) in [5, 5.41) is 10.0. The Labute approximate surface area is 136 Å². The highest BCUT2D eigenvalue weighted by atomic mass is 79.9. The summed E-state index contributed by atoms with van der Waals surface area (Å²) in [5.41, 5.74) is 0.902. The molecule has 0 aliphatic rings. The van der Waals surface area contributed by atoms with E-state index in [-0.39, 0.29) is 11.5 Å². The molecule has 0 fully saturated rings. The molecule has 2 aromatic rings. The maximum Gasteiger partial charge on any atom is 0.212 e. The Morgan fingerprint density at radius 1 is 1.27 bits per heavy atom. The number of ether oxygens (including phenoxy) is 2. The molecule has 2 rings (SSSR count). The van der Waals surface area contributed by atoms with Crippen molar-refractivity contribution in [3.05, 3.63) is 52.1 Å². The number of halogens is 1. The van der Waals surface area contributed by atoms with E-state index < -0.39 is 0 Å². The van der Waals surface area contributed by atoms with Gasteiger partial charge in [0.05, 0.1) is 14.2 Å². The summed E-state index contributed by atoms with van der Waals surface area (Å²) in [7, 11) is 2.97. The van der Waals surface area contributed by atoms with Crippen LogP contribution in [0.4, 0.5) is 0 Å². The molecule has 1 N–H and O–H groups in total. The minimum atomic E-state index is -0.228. The van der Waals surface area contributed by atoms with Gasteiger partial charge in [0.25, 0.3) is 0 Å². The lowest BCUT2D eigenvalue weighted by molar-refractivity contribution is 0.104. The predicted molar refractivity (Wildman–Crippen MR) is 86.5 cm³/mol. The molecule has 0 aliphatic heterocycles. The van der Waals surface area contributed by atoms with Gasteiger partial charge in [-0.1, -0.05) is 15.9 Å². The number of nitrogens with zero attached hydrogens (tertiary/aromatic N) is 1. The lowest BCUT2D eigenvalue weighted by Crippen LogP contribution is -1.96. The molecule has 0 saturated carbocycles. The first-order valence-electron chi connectivity index (χ1n) is 6.34. The number of hydrogen-bond donors (Lipinski definition) is 1. The standard InChI is InChI=1S/C16H14BrNO4/c1-21-14-8-12(17)7-10(16(14)20)3-5-13(19)11-4-6-15(22-2)18-9-11/h3-9,20H,1-2H3/b5-3+. The van der Waals surface area contributed by atoms with Crippen LogP contribution in [0.25, 0.3) is 6.08 Å². The number of allylic oxidation sites excluding steroid dienone is 1. The third-order valence-electron chi connectivity index (χ3n) is 2.93. The normalized spacial score (nSPS) is 10.7. The van der Waals surface area contributed by atoms with Crippen LogP contribution >= 0.6 is 15.9 Å². The molecule has 1 aromatic heterocycles. The lowest BCUT2D eigenvalue weighted by atomic mass is 10.1. The molecule has 0 atom stereocenters. The fraction of sp³-hybridized carbons (Fsp3) is 0.125. The first-order chi connectivity index (χ1) is 10.5. The Balaban J connectivity index is 2.24. The molecular weight excluding hydrogens is 350 g/mol. The van der Waals surface area contributed by atoms with Crippen molar-refractivity contribution in [3.8, 4) is 17.4 Å². The Hall–Kier alpha value is -2.34. The SMILES string of the molecule is COc1ccc(C(=O)/C=C/c2cc(Br)cc(OC)c2O)cn1. The Morgan fingerprint density at radius 2 is 2.05 bits per heavy atom. The molecule has 114 valence electrons. The maximum absolute atomic E-state index is 12.1. The van der Waals surface area contributed by atoms with Gasteiger partial charge in [-0.25, -0.2) is 4.98 Å². The van der Waals surface area contributed by atoms with Gasteiger partial charge in [-0.05, 0) is 30.4 Å². The molecule has 5 nitrogen and oxygen atoms in total. The zero-order valence-corrected chi connectivity index (χ0v) is 13.6. The van der Waals surface area contributed by atoms with Gasteiger partial charge in [0.15, 0.2) is 17.3 Å². The summed E-state index contributed by atoms with van der Waals surface area (Å²) in [4.78, 5) is 16.1. The van der Waals surface area contributed by atoms with E-state index in [2.05, 4.69) is 20.9 Å². The zero-order chi connectivity index (χ0) is 16.1. The number of carbonyl (C=O) groups is 1. The molecule has 1 heterocycles. The Morgan fingerprint density at radius 3 is 2.64 bits per heavy atom. The second-order valence-electron chi connectivity index (χ2n) is 4.33. The highest BCUT2D eigenvalue weighted by Crippen LogP contribution is 2.34. The number of methoxy groups -OCH3 is 2. The molecule has 0 radical (unpaired) electrons. The van der Waals surface area contributed by atoms with E-state index in [9.17, 15) is 9.90 Å². The van der Waals surface area contributed by atoms with Crippen LogP contribution in [0, 0.1) is 0 Å². The van der Waals surface area contributed by atoms with Crippen molar-refractivity contribution in [1.29, 1.82) is 0 Å². The van der Waals surface area contributed by atoms with Crippen molar-refractivity contribution in [2.24, 2.45) is 0 Å². The second kappa shape index (κ2) is 7.09. The van der Waals surface area contributed by atoms with E-state index in [0.717, 1.165) is 4.47 Å². The van der Waals surface area contributed by atoms with E-state index in [1.807, 2.05) is 0 Å². The average molecular weight is 364 g/mol. The summed E-state index contributed by atoms with van der Waals surface area (Å²) >= 11 is 3.32. The van der Waals surface area contributed by atoms with E-state index in [1.54, 1.807) is 24.3 Å². The van der Waals surface area contributed by atoms with Crippen LogP contribution < -0.4 is 9.47 Å². The molecule has 1 aromatic carbocycles. The molecular formula is C16H14BrNO4. The molecule has 6 heteroatoms. The van der Waals surface area contributed by atoms with Crippen LogP contribution in [0.1, 0.15) is 15.9 Å². The smallest absolute Gasteiger partial charge is 0.212 e. The predicted octanol–water partition coefficient (Wildman–Crippen LogP) is 3.46. The van der Waals surface area contributed by atoms with E-state index in [0.29, 0.717) is 22.8 Å². The number of phenolic OH excluding ortho intramolecular Hbond substituents is 1. The van der Waals surface area contributed by atoms with Gasteiger partial charge in [0, 0.05) is 27.9 Å². The van der Waals surface area contributed by atoms with Crippen LogP contribution in [-0.2, 0) is 0 Å². The number of rotatable bonds is 5. The summed E-state index contributed by atoms with van der Waals surface area (Å²) in [6, 6.07) is 6.57. The van der Waals surface area contributed by atoms with Crippen LogP contribution in [-0.4, -0.2) is 30.1 Å². The van der Waals surface area contributed by atoms with Crippen LogP contribution in [0.2, 0.25) is 0 Å². The zero-order valence-electron chi connectivity index (χ0n) is 12.0. The number of aromatic hydroxyl groups is 1. The third kappa shape index (κ3) is 3.65. The average Bonchev–Trinajstić information content (AvgIpc) is 2.55. The number of aromatic nitrogens is 1. The quantitative estimate of drug-likeness (QED) is 0.650. The molecule has 22 heavy (non-hydrogen) atoms. The molecule has 0 saturated heterocycles. The van der Waals surface area contributed by atoms with Crippen molar-refractivity contribution in [3.63, 3.8) is 0 Å². The molecule has 0 aliphatic carbocycles. The number of ketones is 1. The van der Waals surface area contributed by atoms with Crippen molar-refractivity contribution >= 4 is 27.8 Å². The van der Waals surface area contributed by atoms with Crippen molar-refractivity contribution in [1.82, 2.24) is 4.98 Å². The second-order valence-corrected chi connectivity index (χ2v) is 5.25. The monoisotopic (exact) mass is 363 g/mol. The van der Waals surface area contributed by atoms with Gasteiger partial charge >= 0.3 is 0 Å². The summed E-state index contributed by atoms with van der Waals surface area (Å²) in [6.07, 6.45) is 4.33. The maximum atomic E-state index is 12.1. The van der Waals surface area contributed by atoms with Crippen molar-refractivity contribution in [2.75, 3.05) is 14.2 Å². The molecule has 0 bridgehead atoms. The van der Waals surface area contributed by atoms with Gasteiger partial charge in [0.2, 0.25) is 5.88 Å². The van der Waals surface area contributed by atoms with Crippen LogP contribution in [0.3, 0.4) is 0 Å². The summed E-state index contributed by atoms with van der Waals surface area (Å²) < 4.78 is 10.7. The lowest BCUT2D eigenvalue weighted by Gasteiger charge is -2.07. The fourth-order valence-corrected chi connectivity index (χ4v) is 2.24. The Bertz CT molecular complexity index is 711. The summed E-state index contributed by atoms with van der Waals surface area (Å²) in [5.74, 6) is 0.513. The van der Waals surface area contributed by atoms with Gasteiger partial charge < -0.3 is 14.6 Å². The van der Waals surface area contributed by atoms with Crippen molar-refractivity contribution in [2.45, 2.75) is 0 Å². The number of hydrogen-bond acceptors (Lipinski definition) is 5.